The molecule has 1 aliphatic heterocycles. The molecule has 6 nitrogen and oxygen atoms in total. The fraction of sp³-hybridized carbons (Fsp3) is 0.308. The van der Waals surface area contributed by atoms with Crippen LogP contribution in [0.1, 0.15) is 23.7 Å². The van der Waals surface area contributed by atoms with Gasteiger partial charge in [0.05, 0.1) is 24.7 Å². The summed E-state index contributed by atoms with van der Waals surface area (Å²) in [4.78, 5) is 19.1. The van der Waals surface area contributed by atoms with Crippen molar-refractivity contribution in [3.63, 3.8) is 0 Å². The number of aromatic nitrogens is 2. The Balaban J connectivity index is 1.54. The number of amides is 1. The van der Waals surface area contributed by atoms with Crippen molar-refractivity contribution in [2.75, 3.05) is 26.8 Å². The Morgan fingerprint density at radius 3 is 2.78 bits per heavy atom. The molecule has 1 amide bonds. The number of hydrogen-bond acceptors (Lipinski definition) is 4. The minimum atomic E-state index is 0.0579. The maximum Gasteiger partial charge on any atom is 0.223 e. The molecule has 0 bridgehead atoms. The molecule has 2 aromatic carbocycles. The fourth-order valence-corrected chi connectivity index (χ4v) is 4.29. The van der Waals surface area contributed by atoms with E-state index in [0.717, 1.165) is 28.8 Å². The van der Waals surface area contributed by atoms with Crippen molar-refractivity contribution in [3.8, 4) is 11.5 Å². The van der Waals surface area contributed by atoms with E-state index in [2.05, 4.69) is 23.8 Å². The van der Waals surface area contributed by atoms with Gasteiger partial charge in [-0.2, -0.15) is 0 Å². The normalized spacial score (nSPS) is 15.8. The minimum Gasteiger partial charge on any atom is -0.493 e. The number of methoxy groups -OCH3 is 1. The standard InChI is InChI=1S/C26H29N3O3/c1-4-8-19-11-12-23(24(16-19)31-3)32-15-14-29-22-10-7-6-9-21(22)27-26(29)20-17-25(30)28(18-20)13-5-2/h4-7,9-12,16,20H,1-2,8,13-15,17-18H2,3H3/t20-/m1/s1. The summed E-state index contributed by atoms with van der Waals surface area (Å²) in [5.74, 6) is 2.56. The highest BCUT2D eigenvalue weighted by molar-refractivity contribution is 5.81. The van der Waals surface area contributed by atoms with Crippen molar-refractivity contribution < 1.29 is 14.3 Å². The molecule has 2 heterocycles. The third-order valence-electron chi connectivity index (χ3n) is 5.79. The van der Waals surface area contributed by atoms with Crippen LogP contribution in [-0.4, -0.2) is 47.2 Å². The number of carbonyl (C=O) groups excluding carboxylic acids is 1. The Kier molecular flexibility index (Phi) is 6.59. The maximum atomic E-state index is 12.4. The van der Waals surface area contributed by atoms with Gasteiger partial charge in [0.15, 0.2) is 11.5 Å². The van der Waals surface area contributed by atoms with Crippen LogP contribution in [0.25, 0.3) is 11.0 Å². The molecule has 1 fully saturated rings. The topological polar surface area (TPSA) is 56.6 Å². The van der Waals surface area contributed by atoms with E-state index in [9.17, 15) is 4.79 Å². The molecule has 0 spiro atoms. The summed E-state index contributed by atoms with van der Waals surface area (Å²) < 4.78 is 13.8. The first-order valence-electron chi connectivity index (χ1n) is 10.9. The van der Waals surface area contributed by atoms with Crippen LogP contribution in [0.2, 0.25) is 0 Å². The maximum absolute atomic E-state index is 12.4. The molecule has 4 rings (SSSR count). The summed E-state index contributed by atoms with van der Waals surface area (Å²) in [6.07, 6.45) is 4.89. The molecule has 0 N–H and O–H groups in total. The minimum absolute atomic E-state index is 0.0579. The average molecular weight is 432 g/mol. The largest absolute Gasteiger partial charge is 0.493 e. The van der Waals surface area contributed by atoms with Gasteiger partial charge in [-0.15, -0.1) is 13.2 Å². The SMILES string of the molecule is C=CCc1ccc(OCCn2c([C@@H]3CC(=O)N(CC=C)C3)nc3ccccc32)c(OC)c1. The van der Waals surface area contributed by atoms with E-state index in [1.807, 2.05) is 47.4 Å². The number of para-hydroxylation sites is 2. The smallest absolute Gasteiger partial charge is 0.223 e. The first-order valence-corrected chi connectivity index (χ1v) is 10.9. The van der Waals surface area contributed by atoms with Crippen LogP contribution < -0.4 is 9.47 Å². The molecule has 1 aliphatic rings. The van der Waals surface area contributed by atoms with Gasteiger partial charge in [0.2, 0.25) is 5.91 Å². The molecule has 3 aromatic rings. The van der Waals surface area contributed by atoms with Crippen LogP contribution in [0.3, 0.4) is 0 Å². The fourth-order valence-electron chi connectivity index (χ4n) is 4.29. The molecule has 0 unspecified atom stereocenters. The van der Waals surface area contributed by atoms with Gasteiger partial charge in [0.25, 0.3) is 0 Å². The van der Waals surface area contributed by atoms with Crippen molar-refractivity contribution in [1.82, 2.24) is 14.5 Å². The Hall–Kier alpha value is -3.54. The monoisotopic (exact) mass is 431 g/mol. The van der Waals surface area contributed by atoms with Crippen molar-refractivity contribution in [2.24, 2.45) is 0 Å². The lowest BCUT2D eigenvalue weighted by Gasteiger charge is -2.16. The van der Waals surface area contributed by atoms with Crippen molar-refractivity contribution in [3.05, 3.63) is 79.2 Å². The predicted molar refractivity (Wildman–Crippen MR) is 126 cm³/mol. The van der Waals surface area contributed by atoms with Crippen molar-refractivity contribution in [2.45, 2.75) is 25.3 Å². The number of carbonyl (C=O) groups is 1. The molecule has 1 saturated heterocycles. The van der Waals surface area contributed by atoms with Gasteiger partial charge in [0.1, 0.15) is 12.4 Å². The van der Waals surface area contributed by atoms with E-state index in [1.54, 1.807) is 13.2 Å². The number of allylic oxidation sites excluding steroid dienone is 1. The van der Waals surface area contributed by atoms with E-state index in [4.69, 9.17) is 14.5 Å². The van der Waals surface area contributed by atoms with Crippen LogP contribution in [0.15, 0.2) is 67.8 Å². The Labute approximate surface area is 188 Å². The summed E-state index contributed by atoms with van der Waals surface area (Å²) in [6, 6.07) is 14.0. The van der Waals surface area contributed by atoms with Crippen LogP contribution in [-0.2, 0) is 17.8 Å². The number of likely N-dealkylation sites (tertiary alicyclic amines) is 1. The zero-order chi connectivity index (χ0) is 22.5. The van der Waals surface area contributed by atoms with Crippen LogP contribution in [0.4, 0.5) is 0 Å². The van der Waals surface area contributed by atoms with E-state index in [1.165, 1.54) is 0 Å². The molecular formula is C26H29N3O3. The Bertz CT molecular complexity index is 1130. The van der Waals surface area contributed by atoms with Crippen LogP contribution in [0.5, 0.6) is 11.5 Å². The van der Waals surface area contributed by atoms with E-state index < -0.39 is 0 Å². The van der Waals surface area contributed by atoms with Gasteiger partial charge in [-0.25, -0.2) is 4.98 Å². The highest BCUT2D eigenvalue weighted by Gasteiger charge is 2.33. The number of benzene rings is 2. The second-order valence-electron chi connectivity index (χ2n) is 7.93. The summed E-state index contributed by atoms with van der Waals surface area (Å²) >= 11 is 0. The zero-order valence-corrected chi connectivity index (χ0v) is 18.5. The van der Waals surface area contributed by atoms with E-state index >= 15 is 0 Å². The summed E-state index contributed by atoms with van der Waals surface area (Å²) in [5, 5.41) is 0. The average Bonchev–Trinajstić information content (AvgIpc) is 3.35. The van der Waals surface area contributed by atoms with Gasteiger partial charge < -0.3 is 18.9 Å². The third-order valence-corrected chi connectivity index (χ3v) is 5.79. The number of nitrogens with zero attached hydrogens (tertiary/aromatic N) is 3. The first-order chi connectivity index (χ1) is 15.6. The van der Waals surface area contributed by atoms with Crippen molar-refractivity contribution in [1.29, 1.82) is 0 Å². The number of fused-ring (bicyclic) bond motifs is 1. The lowest BCUT2D eigenvalue weighted by Crippen LogP contribution is -2.25. The second-order valence-corrected chi connectivity index (χ2v) is 7.93. The predicted octanol–water partition coefficient (Wildman–Crippen LogP) is 4.35. The number of imidazole rings is 1. The van der Waals surface area contributed by atoms with Gasteiger partial charge >= 0.3 is 0 Å². The zero-order valence-electron chi connectivity index (χ0n) is 18.5. The molecule has 6 heteroatoms. The third kappa shape index (κ3) is 4.40. The second kappa shape index (κ2) is 9.73. The lowest BCUT2D eigenvalue weighted by molar-refractivity contribution is -0.127. The van der Waals surface area contributed by atoms with Gasteiger partial charge in [-0.3, -0.25) is 4.79 Å². The highest BCUT2D eigenvalue weighted by Crippen LogP contribution is 2.31. The summed E-state index contributed by atoms with van der Waals surface area (Å²) in [7, 11) is 1.65. The molecule has 0 saturated carbocycles. The van der Waals surface area contributed by atoms with Gasteiger partial charge in [0, 0.05) is 25.4 Å². The molecule has 166 valence electrons. The number of hydrogen-bond donors (Lipinski definition) is 0. The first kappa shape index (κ1) is 21.7. The van der Waals surface area contributed by atoms with E-state index in [-0.39, 0.29) is 11.8 Å². The van der Waals surface area contributed by atoms with E-state index in [0.29, 0.717) is 44.2 Å². The number of ether oxygens (including phenoxy) is 2. The molecular weight excluding hydrogens is 402 g/mol. The van der Waals surface area contributed by atoms with Crippen LogP contribution >= 0.6 is 0 Å². The highest BCUT2D eigenvalue weighted by atomic mass is 16.5. The quantitative estimate of drug-likeness (QED) is 0.448. The Morgan fingerprint density at radius 1 is 1.16 bits per heavy atom. The number of rotatable bonds is 10. The molecule has 0 radical (unpaired) electrons. The van der Waals surface area contributed by atoms with Gasteiger partial charge in [-0.05, 0) is 36.2 Å². The Morgan fingerprint density at radius 2 is 2.00 bits per heavy atom. The molecule has 32 heavy (non-hydrogen) atoms. The van der Waals surface area contributed by atoms with Crippen LogP contribution in [0, 0.1) is 0 Å². The summed E-state index contributed by atoms with van der Waals surface area (Å²) in [5.41, 5.74) is 3.11. The van der Waals surface area contributed by atoms with Crippen molar-refractivity contribution >= 4 is 16.9 Å². The molecule has 0 aliphatic carbocycles. The summed E-state index contributed by atoms with van der Waals surface area (Å²) in [6.45, 7) is 9.86. The molecule has 1 aromatic heterocycles. The molecule has 1 atom stereocenters. The van der Waals surface area contributed by atoms with Gasteiger partial charge in [-0.1, -0.05) is 30.4 Å². The lowest BCUT2D eigenvalue weighted by atomic mass is 10.1.